The van der Waals surface area contributed by atoms with E-state index in [1.54, 1.807) is 0 Å². The molecule has 2 aliphatic heterocycles. The molecule has 0 aromatic carbocycles. The van der Waals surface area contributed by atoms with Crippen molar-refractivity contribution in [1.82, 2.24) is 0 Å². The van der Waals surface area contributed by atoms with E-state index in [1.807, 2.05) is 6.92 Å². The summed E-state index contributed by atoms with van der Waals surface area (Å²) >= 11 is 0. The lowest BCUT2D eigenvalue weighted by atomic mass is 10.0. The maximum absolute atomic E-state index is 11.3. The van der Waals surface area contributed by atoms with Crippen molar-refractivity contribution < 1.29 is 19.0 Å². The molecule has 2 aliphatic rings. The van der Waals surface area contributed by atoms with Gasteiger partial charge in [-0.25, -0.2) is 4.79 Å². The molecule has 2 atom stereocenters. The zero-order valence-corrected chi connectivity index (χ0v) is 16.9. The Balaban J connectivity index is 1.64. The van der Waals surface area contributed by atoms with E-state index < -0.39 is 0 Å². The number of hydrogen-bond donors (Lipinski definition) is 0. The van der Waals surface area contributed by atoms with Gasteiger partial charge in [0.05, 0.1) is 11.7 Å². The summed E-state index contributed by atoms with van der Waals surface area (Å²) in [5.74, 6) is 0.627. The molecule has 0 amide bonds. The molecule has 2 rings (SSSR count). The molecule has 0 aliphatic carbocycles. The minimum Gasteiger partial charge on any atom is -0.427 e. The van der Waals surface area contributed by atoms with Crippen molar-refractivity contribution in [2.75, 3.05) is 6.61 Å². The van der Waals surface area contributed by atoms with Crippen LogP contribution in [0.2, 0.25) is 0 Å². The number of hydrogen-bond acceptors (Lipinski definition) is 4. The number of unbranched alkanes of at least 4 members (excludes halogenated alkanes) is 8. The number of rotatable bonds is 14. The Morgan fingerprint density at radius 2 is 1.73 bits per heavy atom. The SMILES string of the molecule is CCCCCCCCCCC[C@@H](CC1=C(C)C(=O)O1)OC1CCCCO1. The second-order valence-corrected chi connectivity index (χ2v) is 7.81. The molecule has 150 valence electrons. The van der Waals surface area contributed by atoms with Gasteiger partial charge in [0.2, 0.25) is 0 Å². The molecule has 0 saturated carbocycles. The third kappa shape index (κ3) is 7.79. The van der Waals surface area contributed by atoms with Crippen molar-refractivity contribution in [1.29, 1.82) is 0 Å². The topological polar surface area (TPSA) is 44.8 Å². The lowest BCUT2D eigenvalue weighted by Crippen LogP contribution is -2.30. The molecule has 26 heavy (non-hydrogen) atoms. The normalized spacial score (nSPS) is 21.5. The summed E-state index contributed by atoms with van der Waals surface area (Å²) in [5.41, 5.74) is 0.759. The van der Waals surface area contributed by atoms with E-state index in [9.17, 15) is 4.79 Å². The van der Waals surface area contributed by atoms with E-state index in [-0.39, 0.29) is 18.4 Å². The van der Waals surface area contributed by atoms with Crippen molar-refractivity contribution in [3.05, 3.63) is 11.3 Å². The molecule has 1 unspecified atom stereocenters. The third-order valence-electron chi connectivity index (χ3n) is 5.47. The van der Waals surface area contributed by atoms with Gasteiger partial charge in [0.15, 0.2) is 6.29 Å². The summed E-state index contributed by atoms with van der Waals surface area (Å²) in [6.45, 7) is 4.90. The molecular formula is C22H38O4. The molecule has 0 bridgehead atoms. The zero-order valence-electron chi connectivity index (χ0n) is 16.9. The van der Waals surface area contributed by atoms with Crippen molar-refractivity contribution in [2.45, 2.75) is 116 Å². The summed E-state index contributed by atoms with van der Waals surface area (Å²) in [6.07, 6.45) is 17.0. The zero-order chi connectivity index (χ0) is 18.6. The van der Waals surface area contributed by atoms with Gasteiger partial charge in [0, 0.05) is 13.0 Å². The van der Waals surface area contributed by atoms with E-state index in [0.29, 0.717) is 6.42 Å². The molecule has 0 aromatic rings. The molecule has 4 nitrogen and oxygen atoms in total. The van der Waals surface area contributed by atoms with Gasteiger partial charge in [-0.2, -0.15) is 0 Å². The van der Waals surface area contributed by atoms with Crippen LogP contribution < -0.4 is 0 Å². The van der Waals surface area contributed by atoms with Crippen LogP contribution in [0.4, 0.5) is 0 Å². The van der Waals surface area contributed by atoms with Gasteiger partial charge in [-0.05, 0) is 32.6 Å². The van der Waals surface area contributed by atoms with Gasteiger partial charge in [-0.15, -0.1) is 0 Å². The maximum Gasteiger partial charge on any atom is 0.342 e. The smallest absolute Gasteiger partial charge is 0.342 e. The number of carbonyl (C=O) groups is 1. The summed E-state index contributed by atoms with van der Waals surface area (Å²) in [6, 6.07) is 0. The Hall–Kier alpha value is -0.870. The van der Waals surface area contributed by atoms with Gasteiger partial charge in [0.1, 0.15) is 5.76 Å². The van der Waals surface area contributed by atoms with Crippen molar-refractivity contribution in [3.8, 4) is 0 Å². The average molecular weight is 367 g/mol. The quantitative estimate of drug-likeness (QED) is 0.278. The molecule has 1 fully saturated rings. The fourth-order valence-electron chi connectivity index (χ4n) is 3.67. The van der Waals surface area contributed by atoms with E-state index in [2.05, 4.69) is 6.92 Å². The third-order valence-corrected chi connectivity index (χ3v) is 5.47. The van der Waals surface area contributed by atoms with Crippen LogP contribution in [-0.4, -0.2) is 25.0 Å². The highest BCUT2D eigenvalue weighted by molar-refractivity contribution is 5.94. The van der Waals surface area contributed by atoms with Crippen LogP contribution in [0.3, 0.4) is 0 Å². The molecule has 4 heteroatoms. The summed E-state index contributed by atoms with van der Waals surface area (Å²) in [4.78, 5) is 11.3. The fraction of sp³-hybridized carbons (Fsp3) is 0.864. The van der Waals surface area contributed by atoms with Crippen LogP contribution in [0.15, 0.2) is 11.3 Å². The molecule has 2 heterocycles. The highest BCUT2D eigenvalue weighted by Gasteiger charge is 2.29. The van der Waals surface area contributed by atoms with Crippen LogP contribution in [0.1, 0.15) is 104 Å². The molecule has 0 spiro atoms. The van der Waals surface area contributed by atoms with Gasteiger partial charge in [-0.1, -0.05) is 64.7 Å². The van der Waals surface area contributed by atoms with Crippen molar-refractivity contribution in [2.24, 2.45) is 0 Å². The molecule has 0 radical (unpaired) electrons. The molecular weight excluding hydrogens is 328 g/mol. The largest absolute Gasteiger partial charge is 0.427 e. The first-order valence-corrected chi connectivity index (χ1v) is 10.9. The van der Waals surface area contributed by atoms with E-state index in [0.717, 1.165) is 37.2 Å². The maximum atomic E-state index is 11.3. The average Bonchev–Trinajstić information content (AvgIpc) is 2.66. The van der Waals surface area contributed by atoms with Gasteiger partial charge in [0.25, 0.3) is 0 Å². The highest BCUT2D eigenvalue weighted by atomic mass is 16.7. The Labute approximate surface area is 159 Å². The second-order valence-electron chi connectivity index (χ2n) is 7.81. The van der Waals surface area contributed by atoms with E-state index in [1.165, 1.54) is 64.2 Å². The number of cyclic esters (lactones) is 1. The lowest BCUT2D eigenvalue weighted by molar-refractivity contribution is -0.191. The second kappa shape index (κ2) is 12.5. The first kappa shape index (κ1) is 21.4. The molecule has 0 aromatic heterocycles. The first-order chi connectivity index (χ1) is 12.7. The predicted octanol–water partition coefficient (Wildman–Crippen LogP) is 6.04. The highest BCUT2D eigenvalue weighted by Crippen LogP contribution is 2.29. The van der Waals surface area contributed by atoms with E-state index in [4.69, 9.17) is 14.2 Å². The molecule has 1 saturated heterocycles. The van der Waals surface area contributed by atoms with Crippen molar-refractivity contribution in [3.63, 3.8) is 0 Å². The minimum absolute atomic E-state index is 0.0796. The standard InChI is InChI=1S/C22H38O4/c1-3-4-5-6-7-8-9-10-11-14-19(17-20-18(2)22(23)26-20)25-21-15-12-13-16-24-21/h19,21H,3-17H2,1-2H3/t19-,21?/m0/s1. The van der Waals surface area contributed by atoms with Crippen molar-refractivity contribution >= 4 is 5.97 Å². The lowest BCUT2D eigenvalue weighted by Gasteiger charge is -2.30. The minimum atomic E-state index is -0.185. The van der Waals surface area contributed by atoms with E-state index >= 15 is 0 Å². The Morgan fingerprint density at radius 3 is 2.31 bits per heavy atom. The monoisotopic (exact) mass is 366 g/mol. The summed E-state index contributed by atoms with van der Waals surface area (Å²) in [7, 11) is 0. The Morgan fingerprint density at radius 1 is 1.04 bits per heavy atom. The van der Waals surface area contributed by atoms with Gasteiger partial charge < -0.3 is 14.2 Å². The van der Waals surface area contributed by atoms with Gasteiger partial charge >= 0.3 is 5.97 Å². The van der Waals surface area contributed by atoms with Crippen LogP contribution in [0.5, 0.6) is 0 Å². The van der Waals surface area contributed by atoms with Gasteiger partial charge in [-0.3, -0.25) is 0 Å². The Bertz CT molecular complexity index is 437. The number of carbonyl (C=O) groups excluding carboxylic acids is 1. The predicted molar refractivity (Wildman–Crippen MR) is 104 cm³/mol. The summed E-state index contributed by atoms with van der Waals surface area (Å²) < 4.78 is 17.1. The van der Waals surface area contributed by atoms with Crippen LogP contribution >= 0.6 is 0 Å². The number of esters is 1. The Kier molecular flexibility index (Phi) is 10.3. The van der Waals surface area contributed by atoms with Crippen LogP contribution in [-0.2, 0) is 19.0 Å². The van der Waals surface area contributed by atoms with Crippen LogP contribution in [0.25, 0.3) is 0 Å². The first-order valence-electron chi connectivity index (χ1n) is 10.9. The van der Waals surface area contributed by atoms with Crippen LogP contribution in [0, 0.1) is 0 Å². The summed E-state index contributed by atoms with van der Waals surface area (Å²) in [5, 5.41) is 0. The molecule has 0 N–H and O–H groups in total. The fourth-order valence-corrected chi connectivity index (χ4v) is 3.67. The number of ether oxygens (including phenoxy) is 3.